The van der Waals surface area contributed by atoms with Crippen molar-refractivity contribution in [1.82, 2.24) is 4.37 Å². The van der Waals surface area contributed by atoms with Gasteiger partial charge in [0.2, 0.25) is 0 Å². The van der Waals surface area contributed by atoms with Gasteiger partial charge in [0.15, 0.2) is 0 Å². The maximum absolute atomic E-state index is 5.99. The highest BCUT2D eigenvalue weighted by atomic mass is 32.1. The van der Waals surface area contributed by atoms with Crippen LogP contribution in [0.25, 0.3) is 10.1 Å². The molecule has 0 saturated heterocycles. The van der Waals surface area contributed by atoms with Gasteiger partial charge in [0.05, 0.1) is 11.3 Å². The van der Waals surface area contributed by atoms with E-state index < -0.39 is 0 Å². The lowest BCUT2D eigenvalue weighted by Gasteiger charge is -2.25. The van der Waals surface area contributed by atoms with E-state index in [1.165, 1.54) is 36.4 Å². The quantitative estimate of drug-likeness (QED) is 0.322. The molecule has 0 spiro atoms. The second-order valence-electron chi connectivity index (χ2n) is 8.07. The lowest BCUT2D eigenvalue weighted by molar-refractivity contribution is 0.180. The standard InChI is InChI=1S/C26H26N2O2S/c1-2-5-20(6-3-1)18-30-23-13-14-25-24(15-23)26(28-31-25)27-16-19-9-11-22(12-10-19)29-17-21-7-4-8-21/h1-3,5-6,9-15,21H,4,7-8,16-18H2,(H,27,28). The molecule has 31 heavy (non-hydrogen) atoms. The number of ether oxygens (including phenoxy) is 2. The van der Waals surface area contributed by atoms with Crippen molar-refractivity contribution in [1.29, 1.82) is 0 Å². The number of hydrogen-bond acceptors (Lipinski definition) is 5. The summed E-state index contributed by atoms with van der Waals surface area (Å²) in [4.78, 5) is 0. The van der Waals surface area contributed by atoms with Crippen LogP contribution in [0.5, 0.6) is 11.5 Å². The first-order valence-electron chi connectivity index (χ1n) is 10.9. The highest BCUT2D eigenvalue weighted by Crippen LogP contribution is 2.31. The third-order valence-electron chi connectivity index (χ3n) is 5.78. The van der Waals surface area contributed by atoms with Gasteiger partial charge < -0.3 is 14.8 Å². The summed E-state index contributed by atoms with van der Waals surface area (Å²) in [6, 6.07) is 24.7. The Morgan fingerprint density at radius 1 is 0.871 bits per heavy atom. The number of nitrogens with one attached hydrogen (secondary N) is 1. The molecule has 0 radical (unpaired) electrons. The summed E-state index contributed by atoms with van der Waals surface area (Å²) in [5, 5.41) is 4.57. The molecule has 158 valence electrons. The summed E-state index contributed by atoms with van der Waals surface area (Å²) in [7, 11) is 0. The molecule has 1 N–H and O–H groups in total. The number of aromatic nitrogens is 1. The lowest BCUT2D eigenvalue weighted by atomic mass is 9.86. The highest BCUT2D eigenvalue weighted by molar-refractivity contribution is 7.13. The van der Waals surface area contributed by atoms with Crippen LogP contribution < -0.4 is 14.8 Å². The van der Waals surface area contributed by atoms with Crippen molar-refractivity contribution >= 4 is 27.4 Å². The third-order valence-corrected chi connectivity index (χ3v) is 6.61. The molecule has 4 nitrogen and oxygen atoms in total. The minimum atomic E-state index is 0.557. The highest BCUT2D eigenvalue weighted by Gasteiger charge is 2.17. The molecule has 0 atom stereocenters. The zero-order chi connectivity index (χ0) is 20.9. The topological polar surface area (TPSA) is 43.4 Å². The lowest BCUT2D eigenvalue weighted by Crippen LogP contribution is -2.19. The monoisotopic (exact) mass is 430 g/mol. The molecule has 1 aliphatic rings. The van der Waals surface area contributed by atoms with Gasteiger partial charge in [0.1, 0.15) is 23.9 Å². The van der Waals surface area contributed by atoms with Crippen LogP contribution in [-0.2, 0) is 13.2 Å². The molecule has 0 unspecified atom stereocenters. The van der Waals surface area contributed by atoms with Gasteiger partial charge in [-0.1, -0.05) is 48.9 Å². The van der Waals surface area contributed by atoms with Gasteiger partial charge in [0, 0.05) is 11.9 Å². The number of fused-ring (bicyclic) bond motifs is 1. The van der Waals surface area contributed by atoms with Crippen molar-refractivity contribution in [3.8, 4) is 11.5 Å². The maximum Gasteiger partial charge on any atom is 0.147 e. The zero-order valence-corrected chi connectivity index (χ0v) is 18.2. The smallest absolute Gasteiger partial charge is 0.147 e. The van der Waals surface area contributed by atoms with E-state index in [0.717, 1.165) is 52.0 Å². The summed E-state index contributed by atoms with van der Waals surface area (Å²) in [5.74, 6) is 3.46. The fourth-order valence-electron chi connectivity index (χ4n) is 3.64. The Hall–Kier alpha value is -3.05. The molecule has 1 aliphatic carbocycles. The van der Waals surface area contributed by atoms with E-state index in [0.29, 0.717) is 6.61 Å². The number of nitrogens with zero attached hydrogens (tertiary/aromatic N) is 1. The SMILES string of the molecule is c1ccc(COc2ccc3snc(NCc4ccc(OCC5CCC5)cc4)c3c2)cc1. The molecule has 5 rings (SSSR count). The molecule has 1 aromatic heterocycles. The Morgan fingerprint density at radius 2 is 1.68 bits per heavy atom. The Bertz CT molecular complexity index is 1120. The minimum absolute atomic E-state index is 0.557. The van der Waals surface area contributed by atoms with E-state index in [-0.39, 0.29) is 0 Å². The number of anilines is 1. The van der Waals surface area contributed by atoms with E-state index in [9.17, 15) is 0 Å². The second-order valence-corrected chi connectivity index (χ2v) is 8.87. The van der Waals surface area contributed by atoms with Crippen LogP contribution >= 0.6 is 11.5 Å². The second kappa shape index (κ2) is 9.40. The summed E-state index contributed by atoms with van der Waals surface area (Å²) in [6.07, 6.45) is 3.97. The number of rotatable bonds is 9. The van der Waals surface area contributed by atoms with Crippen LogP contribution in [0.1, 0.15) is 30.4 Å². The molecule has 0 amide bonds. The molecule has 0 bridgehead atoms. The molecular formula is C26H26N2O2S. The molecule has 4 aromatic rings. The van der Waals surface area contributed by atoms with Crippen molar-refractivity contribution in [2.75, 3.05) is 11.9 Å². The van der Waals surface area contributed by atoms with Gasteiger partial charge in [0.25, 0.3) is 0 Å². The van der Waals surface area contributed by atoms with E-state index in [2.05, 4.69) is 58.2 Å². The van der Waals surface area contributed by atoms with Crippen LogP contribution in [-0.4, -0.2) is 11.0 Å². The van der Waals surface area contributed by atoms with Crippen LogP contribution in [0.2, 0.25) is 0 Å². The van der Waals surface area contributed by atoms with Gasteiger partial charge in [-0.15, -0.1) is 0 Å². The molecule has 1 saturated carbocycles. The predicted octanol–water partition coefficient (Wildman–Crippen LogP) is 6.67. The molecule has 0 aliphatic heterocycles. The first-order valence-corrected chi connectivity index (χ1v) is 11.6. The Morgan fingerprint density at radius 3 is 2.45 bits per heavy atom. The van der Waals surface area contributed by atoms with Gasteiger partial charge in [-0.05, 0) is 71.8 Å². The van der Waals surface area contributed by atoms with Crippen LogP contribution in [0.4, 0.5) is 5.82 Å². The maximum atomic E-state index is 5.99. The largest absolute Gasteiger partial charge is 0.493 e. The van der Waals surface area contributed by atoms with Gasteiger partial charge >= 0.3 is 0 Å². The fraction of sp³-hybridized carbons (Fsp3) is 0.269. The van der Waals surface area contributed by atoms with Crippen molar-refractivity contribution in [2.45, 2.75) is 32.4 Å². The van der Waals surface area contributed by atoms with Crippen molar-refractivity contribution in [2.24, 2.45) is 5.92 Å². The van der Waals surface area contributed by atoms with Gasteiger partial charge in [-0.2, -0.15) is 4.37 Å². The van der Waals surface area contributed by atoms with Crippen LogP contribution in [0.15, 0.2) is 72.8 Å². The van der Waals surface area contributed by atoms with Crippen molar-refractivity contribution < 1.29 is 9.47 Å². The van der Waals surface area contributed by atoms with E-state index >= 15 is 0 Å². The zero-order valence-electron chi connectivity index (χ0n) is 17.4. The molecule has 3 aromatic carbocycles. The predicted molar refractivity (Wildman–Crippen MR) is 127 cm³/mol. The van der Waals surface area contributed by atoms with Gasteiger partial charge in [-0.3, -0.25) is 0 Å². The number of hydrogen-bond donors (Lipinski definition) is 1. The summed E-state index contributed by atoms with van der Waals surface area (Å²) < 4.78 is 17.6. The summed E-state index contributed by atoms with van der Waals surface area (Å²) in [6.45, 7) is 2.12. The summed E-state index contributed by atoms with van der Waals surface area (Å²) >= 11 is 1.50. The first kappa shape index (κ1) is 19.9. The van der Waals surface area contributed by atoms with Crippen LogP contribution in [0, 0.1) is 5.92 Å². The Balaban J connectivity index is 1.19. The third kappa shape index (κ3) is 5.00. The number of benzene rings is 3. The average molecular weight is 431 g/mol. The van der Waals surface area contributed by atoms with E-state index in [1.54, 1.807) is 0 Å². The van der Waals surface area contributed by atoms with E-state index in [1.807, 2.05) is 24.3 Å². The first-order chi connectivity index (χ1) is 15.3. The molecule has 1 fully saturated rings. The summed E-state index contributed by atoms with van der Waals surface area (Å²) in [5.41, 5.74) is 2.36. The van der Waals surface area contributed by atoms with Gasteiger partial charge in [-0.25, -0.2) is 0 Å². The molecular weight excluding hydrogens is 404 g/mol. The molecule has 5 heteroatoms. The fourth-order valence-corrected chi connectivity index (χ4v) is 4.37. The minimum Gasteiger partial charge on any atom is -0.493 e. The van der Waals surface area contributed by atoms with Crippen LogP contribution in [0.3, 0.4) is 0 Å². The molecule has 1 heterocycles. The Kier molecular flexibility index (Phi) is 6.03. The van der Waals surface area contributed by atoms with Crippen molar-refractivity contribution in [3.05, 3.63) is 83.9 Å². The Labute approximate surface area is 187 Å². The average Bonchev–Trinajstić information content (AvgIpc) is 3.19. The van der Waals surface area contributed by atoms with E-state index in [4.69, 9.17) is 9.47 Å². The van der Waals surface area contributed by atoms with Crippen molar-refractivity contribution in [3.63, 3.8) is 0 Å². The normalized spacial score (nSPS) is 13.7.